The molecule has 0 spiro atoms. The quantitative estimate of drug-likeness (QED) is 0.787. The van der Waals surface area contributed by atoms with Crippen molar-refractivity contribution in [3.63, 3.8) is 0 Å². The molecule has 20 heavy (non-hydrogen) atoms. The molecule has 0 bridgehead atoms. The molecule has 1 aliphatic heterocycles. The fourth-order valence-corrected chi connectivity index (χ4v) is 3.85. The van der Waals surface area contributed by atoms with E-state index in [0.717, 1.165) is 19.2 Å². The fraction of sp³-hybridized carbons (Fsp3) is 0.462. The molecule has 1 aromatic carbocycles. The number of carbonyl (C=O) groups excluding carboxylic acids is 1. The molecule has 7 heteroatoms. The maximum atomic E-state index is 13.8. The third-order valence-corrected chi connectivity index (χ3v) is 5.19. The number of sulfone groups is 1. The predicted molar refractivity (Wildman–Crippen MR) is 68.7 cm³/mol. The first-order valence-electron chi connectivity index (χ1n) is 5.96. The van der Waals surface area contributed by atoms with Gasteiger partial charge in [-0.3, -0.25) is 0 Å². The smallest absolute Gasteiger partial charge is 0.340 e. The van der Waals surface area contributed by atoms with Gasteiger partial charge in [0.15, 0.2) is 9.84 Å². The lowest BCUT2D eigenvalue weighted by molar-refractivity contribution is -0.0870. The minimum atomic E-state index is -3.62. The van der Waals surface area contributed by atoms with Crippen molar-refractivity contribution in [3.05, 3.63) is 29.6 Å². The molecule has 0 atom stereocenters. The highest BCUT2D eigenvalue weighted by Gasteiger charge is 2.38. The van der Waals surface area contributed by atoms with Crippen molar-refractivity contribution in [2.45, 2.75) is 11.8 Å². The van der Waals surface area contributed by atoms with Gasteiger partial charge in [0.1, 0.15) is 5.82 Å². The molecule has 1 heterocycles. The molecule has 0 unspecified atom stereocenters. The van der Waals surface area contributed by atoms with Gasteiger partial charge in [0, 0.05) is 5.41 Å². The van der Waals surface area contributed by atoms with Crippen molar-refractivity contribution >= 4 is 15.8 Å². The third kappa shape index (κ3) is 2.83. The molecule has 1 saturated heterocycles. The van der Waals surface area contributed by atoms with Crippen molar-refractivity contribution < 1.29 is 27.1 Å². The number of carbonyl (C=O) groups is 1. The van der Waals surface area contributed by atoms with E-state index in [0.29, 0.717) is 13.2 Å². The van der Waals surface area contributed by atoms with Crippen LogP contribution in [0.1, 0.15) is 17.3 Å². The van der Waals surface area contributed by atoms with Crippen molar-refractivity contribution in [1.29, 1.82) is 0 Å². The zero-order valence-corrected chi connectivity index (χ0v) is 12.0. The highest BCUT2D eigenvalue weighted by atomic mass is 32.2. The van der Waals surface area contributed by atoms with E-state index in [2.05, 4.69) is 4.74 Å². The van der Waals surface area contributed by atoms with Gasteiger partial charge in [0.05, 0.1) is 36.5 Å². The monoisotopic (exact) mass is 302 g/mol. The highest BCUT2D eigenvalue weighted by molar-refractivity contribution is 7.91. The number of rotatable bonds is 4. The van der Waals surface area contributed by atoms with Crippen LogP contribution in [0, 0.1) is 11.2 Å². The van der Waals surface area contributed by atoms with E-state index in [1.165, 1.54) is 6.07 Å². The Kier molecular flexibility index (Phi) is 3.84. The summed E-state index contributed by atoms with van der Waals surface area (Å²) in [5.74, 6) is -1.87. The number of hydrogen-bond acceptors (Lipinski definition) is 5. The molecule has 0 saturated carbocycles. The molecule has 0 N–H and O–H groups in total. The van der Waals surface area contributed by atoms with Gasteiger partial charge in [0.25, 0.3) is 0 Å². The van der Waals surface area contributed by atoms with Gasteiger partial charge in [0.2, 0.25) is 0 Å². The maximum Gasteiger partial charge on any atom is 0.340 e. The number of halogens is 1. The largest absolute Gasteiger partial charge is 0.465 e. The SMILES string of the molecule is COC(=O)c1ccc(S(=O)(=O)CC2(C)COC2)cc1F. The molecular formula is C13H15FO5S. The first-order valence-corrected chi connectivity index (χ1v) is 7.61. The molecule has 0 amide bonds. The van der Waals surface area contributed by atoms with Crippen molar-refractivity contribution in [3.8, 4) is 0 Å². The summed E-state index contributed by atoms with van der Waals surface area (Å²) in [5, 5.41) is 0. The van der Waals surface area contributed by atoms with E-state index < -0.39 is 27.0 Å². The zero-order valence-electron chi connectivity index (χ0n) is 11.2. The van der Waals surface area contributed by atoms with Gasteiger partial charge < -0.3 is 9.47 Å². The lowest BCUT2D eigenvalue weighted by Crippen LogP contribution is -2.45. The first kappa shape index (κ1) is 14.9. The van der Waals surface area contributed by atoms with E-state index >= 15 is 0 Å². The normalized spacial score (nSPS) is 17.4. The van der Waals surface area contributed by atoms with Crippen LogP contribution in [0.4, 0.5) is 4.39 Å². The molecule has 2 rings (SSSR count). The van der Waals surface area contributed by atoms with Gasteiger partial charge in [-0.2, -0.15) is 0 Å². The summed E-state index contributed by atoms with van der Waals surface area (Å²) in [5.41, 5.74) is -0.722. The molecule has 0 radical (unpaired) electrons. The average Bonchev–Trinajstić information content (AvgIpc) is 2.35. The molecule has 0 aromatic heterocycles. The van der Waals surface area contributed by atoms with Crippen LogP contribution < -0.4 is 0 Å². The van der Waals surface area contributed by atoms with E-state index in [1.807, 2.05) is 0 Å². The van der Waals surface area contributed by atoms with Crippen LogP contribution in [0.25, 0.3) is 0 Å². The fourth-order valence-electron chi connectivity index (χ4n) is 2.04. The van der Waals surface area contributed by atoms with Gasteiger partial charge >= 0.3 is 5.97 Å². The number of hydrogen-bond donors (Lipinski definition) is 0. The Balaban J connectivity index is 2.29. The standard InChI is InChI=1S/C13H15FO5S/c1-13(6-19-7-13)8-20(16,17)9-3-4-10(11(14)5-9)12(15)18-2/h3-5H,6-8H2,1-2H3. The van der Waals surface area contributed by atoms with E-state index in [4.69, 9.17) is 4.74 Å². The second kappa shape index (κ2) is 5.14. The van der Waals surface area contributed by atoms with Crippen LogP contribution in [-0.2, 0) is 19.3 Å². The molecule has 1 fully saturated rings. The molecule has 1 aliphatic rings. The molecular weight excluding hydrogens is 287 g/mol. The highest BCUT2D eigenvalue weighted by Crippen LogP contribution is 2.31. The summed E-state index contributed by atoms with van der Waals surface area (Å²) in [4.78, 5) is 11.1. The number of benzene rings is 1. The Morgan fingerprint density at radius 1 is 1.45 bits per heavy atom. The minimum Gasteiger partial charge on any atom is -0.465 e. The summed E-state index contributed by atoms with van der Waals surface area (Å²) in [7, 11) is -2.49. The Hall–Kier alpha value is -1.47. The van der Waals surface area contributed by atoms with Gasteiger partial charge in [-0.05, 0) is 18.2 Å². The summed E-state index contributed by atoms with van der Waals surface area (Å²) in [6.45, 7) is 2.54. The lowest BCUT2D eigenvalue weighted by Gasteiger charge is -2.37. The molecule has 5 nitrogen and oxygen atoms in total. The lowest BCUT2D eigenvalue weighted by atomic mass is 9.92. The van der Waals surface area contributed by atoms with Gasteiger partial charge in [-0.1, -0.05) is 6.92 Å². The Morgan fingerprint density at radius 3 is 2.55 bits per heavy atom. The Labute approximate surface area is 116 Å². The topological polar surface area (TPSA) is 69.7 Å². The third-order valence-electron chi connectivity index (χ3n) is 3.14. The summed E-state index contributed by atoms with van der Waals surface area (Å²) in [6.07, 6.45) is 0. The molecule has 1 aromatic rings. The average molecular weight is 302 g/mol. The number of esters is 1. The van der Waals surface area contributed by atoms with Gasteiger partial charge in [-0.15, -0.1) is 0 Å². The minimum absolute atomic E-state index is 0.114. The van der Waals surface area contributed by atoms with Crippen LogP contribution in [0.2, 0.25) is 0 Å². The van der Waals surface area contributed by atoms with Crippen LogP contribution in [0.3, 0.4) is 0 Å². The Bertz CT molecular complexity index is 634. The number of methoxy groups -OCH3 is 1. The maximum absolute atomic E-state index is 13.8. The van der Waals surface area contributed by atoms with Crippen LogP contribution in [0.15, 0.2) is 23.1 Å². The zero-order chi connectivity index (χ0) is 15.0. The van der Waals surface area contributed by atoms with Crippen molar-refractivity contribution in [2.75, 3.05) is 26.1 Å². The second-order valence-electron chi connectivity index (χ2n) is 5.20. The second-order valence-corrected chi connectivity index (χ2v) is 7.19. The summed E-state index contributed by atoms with van der Waals surface area (Å²) >= 11 is 0. The van der Waals surface area contributed by atoms with Crippen molar-refractivity contribution in [2.24, 2.45) is 5.41 Å². The van der Waals surface area contributed by atoms with Crippen LogP contribution in [-0.4, -0.2) is 40.5 Å². The summed E-state index contributed by atoms with van der Waals surface area (Å²) in [6, 6.07) is 3.19. The van der Waals surface area contributed by atoms with Crippen molar-refractivity contribution in [1.82, 2.24) is 0 Å². The van der Waals surface area contributed by atoms with E-state index in [1.54, 1.807) is 6.92 Å². The van der Waals surface area contributed by atoms with Crippen LogP contribution in [0.5, 0.6) is 0 Å². The van der Waals surface area contributed by atoms with E-state index in [9.17, 15) is 17.6 Å². The predicted octanol–water partition coefficient (Wildman–Crippen LogP) is 1.42. The van der Waals surface area contributed by atoms with Gasteiger partial charge in [-0.25, -0.2) is 17.6 Å². The van der Waals surface area contributed by atoms with Crippen LogP contribution >= 0.6 is 0 Å². The van der Waals surface area contributed by atoms with E-state index in [-0.39, 0.29) is 16.2 Å². The molecule has 110 valence electrons. The molecule has 0 aliphatic carbocycles. The number of ether oxygens (including phenoxy) is 2. The Morgan fingerprint density at radius 2 is 2.10 bits per heavy atom. The first-order chi connectivity index (χ1) is 9.27. The summed E-state index contributed by atoms with van der Waals surface area (Å²) < 4.78 is 47.6.